The van der Waals surface area contributed by atoms with Crippen molar-refractivity contribution in [2.24, 2.45) is 5.92 Å². The Hall–Kier alpha value is -1.35. The molecular weight excluding hydrogens is 226 g/mol. The third-order valence-corrected chi connectivity index (χ3v) is 4.10. The number of hydrogen-bond acceptors (Lipinski definition) is 2. The van der Waals surface area contributed by atoms with Crippen molar-refractivity contribution in [2.45, 2.75) is 38.5 Å². The molecule has 1 aromatic rings. The Morgan fingerprint density at radius 3 is 2.78 bits per heavy atom. The van der Waals surface area contributed by atoms with E-state index in [1.54, 1.807) is 0 Å². The number of rotatable bonds is 2. The van der Waals surface area contributed by atoms with E-state index in [1.807, 2.05) is 36.9 Å². The van der Waals surface area contributed by atoms with Crippen molar-refractivity contribution in [1.82, 2.24) is 4.90 Å². The Bertz CT molecular complexity index is 455. The third-order valence-electron chi connectivity index (χ3n) is 4.10. The molecule has 0 aliphatic carbocycles. The summed E-state index contributed by atoms with van der Waals surface area (Å²) in [6.45, 7) is 4.72. The Morgan fingerprint density at radius 2 is 2.06 bits per heavy atom. The lowest BCUT2D eigenvalue weighted by atomic mass is 9.78. The van der Waals surface area contributed by atoms with E-state index in [0.29, 0.717) is 6.04 Å². The number of β-lactam (4-membered cyclic amide) rings is 1. The van der Waals surface area contributed by atoms with Gasteiger partial charge in [0.1, 0.15) is 5.72 Å². The topological polar surface area (TPSA) is 29.5 Å². The van der Waals surface area contributed by atoms with Gasteiger partial charge in [-0.3, -0.25) is 4.79 Å². The van der Waals surface area contributed by atoms with Gasteiger partial charge in [-0.15, -0.1) is 0 Å². The molecule has 3 nitrogen and oxygen atoms in total. The standard InChI is InChI=1S/C15H19NO2/c1-15(2)16-13(8-9-18-15)12(14(16)17)10-11-6-4-3-5-7-11/h3-7,12-13H,8-10H2,1-2H3/t12-,13?/m0/s1. The van der Waals surface area contributed by atoms with Crippen LogP contribution in [0.25, 0.3) is 0 Å². The first-order valence-corrected chi connectivity index (χ1v) is 6.61. The second kappa shape index (κ2) is 4.09. The molecule has 1 unspecified atom stereocenters. The quantitative estimate of drug-likeness (QED) is 0.748. The predicted molar refractivity (Wildman–Crippen MR) is 68.9 cm³/mol. The Balaban J connectivity index is 1.75. The highest BCUT2D eigenvalue weighted by Crippen LogP contribution is 2.41. The highest BCUT2D eigenvalue weighted by molar-refractivity contribution is 5.87. The summed E-state index contributed by atoms with van der Waals surface area (Å²) in [7, 11) is 0. The van der Waals surface area contributed by atoms with E-state index >= 15 is 0 Å². The van der Waals surface area contributed by atoms with Crippen molar-refractivity contribution >= 4 is 5.91 Å². The minimum Gasteiger partial charge on any atom is -0.356 e. The first-order chi connectivity index (χ1) is 8.59. The molecule has 3 rings (SSSR count). The van der Waals surface area contributed by atoms with Gasteiger partial charge in [0.25, 0.3) is 0 Å². The van der Waals surface area contributed by atoms with Crippen LogP contribution in [0.2, 0.25) is 0 Å². The van der Waals surface area contributed by atoms with Gasteiger partial charge in [0.15, 0.2) is 0 Å². The Kier molecular flexibility index (Phi) is 2.67. The van der Waals surface area contributed by atoms with Gasteiger partial charge >= 0.3 is 0 Å². The fraction of sp³-hybridized carbons (Fsp3) is 0.533. The molecule has 1 aromatic carbocycles. The average molecular weight is 245 g/mol. The van der Waals surface area contributed by atoms with E-state index in [4.69, 9.17) is 4.74 Å². The highest BCUT2D eigenvalue weighted by atomic mass is 16.5. The van der Waals surface area contributed by atoms with Crippen molar-refractivity contribution in [3.63, 3.8) is 0 Å². The van der Waals surface area contributed by atoms with Crippen molar-refractivity contribution < 1.29 is 9.53 Å². The van der Waals surface area contributed by atoms with Crippen LogP contribution >= 0.6 is 0 Å². The number of ether oxygens (including phenoxy) is 1. The molecule has 2 aliphatic rings. The van der Waals surface area contributed by atoms with Crippen LogP contribution in [-0.4, -0.2) is 29.2 Å². The fourth-order valence-corrected chi connectivity index (χ4v) is 3.19. The fourth-order valence-electron chi connectivity index (χ4n) is 3.19. The number of carbonyl (C=O) groups excluding carboxylic acids is 1. The minimum atomic E-state index is -0.423. The van der Waals surface area contributed by atoms with E-state index in [2.05, 4.69) is 12.1 Å². The summed E-state index contributed by atoms with van der Waals surface area (Å²) in [5.41, 5.74) is 0.826. The summed E-state index contributed by atoms with van der Waals surface area (Å²) >= 11 is 0. The van der Waals surface area contributed by atoms with Gasteiger partial charge in [-0.2, -0.15) is 0 Å². The molecule has 2 aliphatic heterocycles. The zero-order valence-electron chi connectivity index (χ0n) is 10.9. The van der Waals surface area contributed by atoms with E-state index in [0.717, 1.165) is 19.4 Å². The maximum atomic E-state index is 12.3. The molecule has 3 heteroatoms. The summed E-state index contributed by atoms with van der Waals surface area (Å²) < 4.78 is 5.67. The van der Waals surface area contributed by atoms with Crippen molar-refractivity contribution in [3.05, 3.63) is 35.9 Å². The molecular formula is C15H19NO2. The number of amides is 1. The van der Waals surface area contributed by atoms with E-state index in [1.165, 1.54) is 5.56 Å². The summed E-state index contributed by atoms with van der Waals surface area (Å²) in [5.74, 6) is 0.393. The van der Waals surface area contributed by atoms with Crippen LogP contribution in [0.4, 0.5) is 0 Å². The third kappa shape index (κ3) is 1.74. The molecule has 2 saturated heterocycles. The zero-order chi connectivity index (χ0) is 12.8. The second-order valence-electron chi connectivity index (χ2n) is 5.66. The van der Waals surface area contributed by atoms with Crippen LogP contribution in [-0.2, 0) is 16.0 Å². The molecule has 18 heavy (non-hydrogen) atoms. The van der Waals surface area contributed by atoms with Crippen LogP contribution in [0.1, 0.15) is 25.8 Å². The lowest BCUT2D eigenvalue weighted by Crippen LogP contribution is -2.71. The number of hydrogen-bond donors (Lipinski definition) is 0. The molecule has 0 spiro atoms. The molecule has 2 heterocycles. The molecule has 96 valence electrons. The van der Waals surface area contributed by atoms with Gasteiger partial charge in [-0.25, -0.2) is 0 Å². The molecule has 0 N–H and O–H groups in total. The number of nitrogens with zero attached hydrogens (tertiary/aromatic N) is 1. The number of carbonyl (C=O) groups is 1. The summed E-state index contributed by atoms with van der Waals surface area (Å²) in [4.78, 5) is 14.2. The number of fused-ring (bicyclic) bond motifs is 1. The van der Waals surface area contributed by atoms with Gasteiger partial charge in [0, 0.05) is 6.04 Å². The van der Waals surface area contributed by atoms with Crippen LogP contribution < -0.4 is 0 Å². The Labute approximate surface area is 108 Å². The van der Waals surface area contributed by atoms with Gasteiger partial charge in [0.05, 0.1) is 12.5 Å². The molecule has 0 radical (unpaired) electrons. The molecule has 2 fully saturated rings. The van der Waals surface area contributed by atoms with Crippen LogP contribution in [0.5, 0.6) is 0 Å². The first-order valence-electron chi connectivity index (χ1n) is 6.61. The molecule has 0 saturated carbocycles. The summed E-state index contributed by atoms with van der Waals surface area (Å²) in [6.07, 6.45) is 1.82. The van der Waals surface area contributed by atoms with Crippen LogP contribution in [0.3, 0.4) is 0 Å². The zero-order valence-corrected chi connectivity index (χ0v) is 10.9. The average Bonchev–Trinajstić information content (AvgIpc) is 2.35. The predicted octanol–water partition coefficient (Wildman–Crippen LogP) is 2.21. The van der Waals surface area contributed by atoms with E-state index in [9.17, 15) is 4.79 Å². The van der Waals surface area contributed by atoms with Gasteiger partial charge in [-0.1, -0.05) is 30.3 Å². The lowest BCUT2D eigenvalue weighted by molar-refractivity contribution is -0.232. The number of benzene rings is 1. The first kappa shape index (κ1) is 11.7. The summed E-state index contributed by atoms with van der Waals surface area (Å²) in [5, 5.41) is 0. The smallest absolute Gasteiger partial charge is 0.230 e. The normalized spacial score (nSPS) is 29.7. The van der Waals surface area contributed by atoms with E-state index < -0.39 is 5.72 Å². The highest BCUT2D eigenvalue weighted by Gasteiger charge is 2.55. The van der Waals surface area contributed by atoms with Gasteiger partial charge < -0.3 is 9.64 Å². The van der Waals surface area contributed by atoms with Gasteiger partial charge in [0.2, 0.25) is 5.91 Å². The maximum Gasteiger partial charge on any atom is 0.230 e. The van der Waals surface area contributed by atoms with Gasteiger partial charge in [-0.05, 0) is 32.3 Å². The molecule has 1 amide bonds. The van der Waals surface area contributed by atoms with Crippen LogP contribution in [0.15, 0.2) is 30.3 Å². The monoisotopic (exact) mass is 245 g/mol. The van der Waals surface area contributed by atoms with Crippen molar-refractivity contribution in [1.29, 1.82) is 0 Å². The minimum absolute atomic E-state index is 0.149. The summed E-state index contributed by atoms with van der Waals surface area (Å²) in [6, 6.07) is 10.6. The molecule has 2 atom stereocenters. The van der Waals surface area contributed by atoms with E-state index in [-0.39, 0.29) is 11.8 Å². The maximum absolute atomic E-state index is 12.3. The largest absolute Gasteiger partial charge is 0.356 e. The second-order valence-corrected chi connectivity index (χ2v) is 5.66. The lowest BCUT2D eigenvalue weighted by Gasteiger charge is -2.57. The molecule has 0 aromatic heterocycles. The molecule has 0 bridgehead atoms. The van der Waals surface area contributed by atoms with Crippen molar-refractivity contribution in [3.8, 4) is 0 Å². The SMILES string of the molecule is CC1(C)OCCC2[C@H](Cc3ccccc3)C(=O)N21. The Morgan fingerprint density at radius 1 is 1.33 bits per heavy atom. The van der Waals surface area contributed by atoms with Crippen molar-refractivity contribution in [2.75, 3.05) is 6.61 Å². The van der Waals surface area contributed by atoms with Crippen LogP contribution in [0, 0.1) is 5.92 Å².